The van der Waals surface area contributed by atoms with Crippen LogP contribution in [0.25, 0.3) is 0 Å². The fourth-order valence-electron chi connectivity index (χ4n) is 2.57. The Labute approximate surface area is 118 Å². The SMILES string of the molecule is Cc1ccc(N2CCC(N(C)CCN)C2)c(Br)c1. The summed E-state index contributed by atoms with van der Waals surface area (Å²) in [6.45, 7) is 6.06. The number of nitrogens with zero attached hydrogens (tertiary/aromatic N) is 2. The fraction of sp³-hybridized carbons (Fsp3) is 0.571. The molecule has 1 atom stereocenters. The Bertz CT molecular complexity index is 408. The molecule has 100 valence electrons. The molecule has 1 aliphatic heterocycles. The van der Waals surface area contributed by atoms with Gasteiger partial charge in [-0.15, -0.1) is 0 Å². The lowest BCUT2D eigenvalue weighted by Crippen LogP contribution is -2.37. The molecule has 2 rings (SSSR count). The van der Waals surface area contributed by atoms with Crippen molar-refractivity contribution in [1.29, 1.82) is 0 Å². The lowest BCUT2D eigenvalue weighted by Gasteiger charge is -2.25. The quantitative estimate of drug-likeness (QED) is 0.925. The van der Waals surface area contributed by atoms with Crippen LogP contribution in [0.1, 0.15) is 12.0 Å². The Balaban J connectivity index is 2.04. The second-order valence-corrected chi connectivity index (χ2v) is 5.97. The van der Waals surface area contributed by atoms with Crippen LogP contribution in [0.3, 0.4) is 0 Å². The van der Waals surface area contributed by atoms with Gasteiger partial charge in [-0.1, -0.05) is 6.07 Å². The number of benzene rings is 1. The van der Waals surface area contributed by atoms with E-state index in [0.29, 0.717) is 6.04 Å². The van der Waals surface area contributed by atoms with Gasteiger partial charge in [-0.25, -0.2) is 0 Å². The summed E-state index contributed by atoms with van der Waals surface area (Å²) in [4.78, 5) is 4.84. The molecule has 1 aromatic rings. The molecule has 0 spiro atoms. The lowest BCUT2D eigenvalue weighted by molar-refractivity contribution is 0.266. The van der Waals surface area contributed by atoms with Gasteiger partial charge in [-0.3, -0.25) is 0 Å². The van der Waals surface area contributed by atoms with Gasteiger partial charge in [-0.05, 0) is 54.0 Å². The van der Waals surface area contributed by atoms with Gasteiger partial charge in [0.25, 0.3) is 0 Å². The first kappa shape index (κ1) is 13.8. The summed E-state index contributed by atoms with van der Waals surface area (Å²) in [5.41, 5.74) is 8.22. The maximum absolute atomic E-state index is 5.62. The van der Waals surface area contributed by atoms with E-state index in [1.165, 1.54) is 22.1 Å². The van der Waals surface area contributed by atoms with E-state index in [-0.39, 0.29) is 0 Å². The second-order valence-electron chi connectivity index (χ2n) is 5.11. The molecule has 4 heteroatoms. The molecule has 1 aliphatic rings. The van der Waals surface area contributed by atoms with E-state index in [4.69, 9.17) is 5.73 Å². The molecule has 1 saturated heterocycles. The van der Waals surface area contributed by atoms with Crippen LogP contribution < -0.4 is 10.6 Å². The molecule has 1 fully saturated rings. The minimum Gasteiger partial charge on any atom is -0.369 e. The van der Waals surface area contributed by atoms with E-state index >= 15 is 0 Å². The van der Waals surface area contributed by atoms with E-state index in [2.05, 4.69) is 57.9 Å². The zero-order valence-electron chi connectivity index (χ0n) is 11.2. The van der Waals surface area contributed by atoms with Crippen molar-refractivity contribution in [3.8, 4) is 0 Å². The third-order valence-corrected chi connectivity index (χ3v) is 4.35. The summed E-state index contributed by atoms with van der Waals surface area (Å²) in [5, 5.41) is 0. The predicted octanol–water partition coefficient (Wildman–Crippen LogP) is 2.23. The van der Waals surface area contributed by atoms with Gasteiger partial charge in [-0.2, -0.15) is 0 Å². The Kier molecular flexibility index (Phi) is 4.65. The molecule has 0 aliphatic carbocycles. The van der Waals surface area contributed by atoms with Gasteiger partial charge in [0.15, 0.2) is 0 Å². The van der Waals surface area contributed by atoms with Gasteiger partial charge in [0.2, 0.25) is 0 Å². The Morgan fingerprint density at radius 3 is 2.94 bits per heavy atom. The molecule has 1 aromatic carbocycles. The standard InChI is InChI=1S/C14H22BrN3/c1-11-3-4-14(13(15)9-11)18-7-5-12(10-18)17(2)8-6-16/h3-4,9,12H,5-8,10,16H2,1-2H3. The minimum absolute atomic E-state index is 0.627. The lowest BCUT2D eigenvalue weighted by atomic mass is 10.2. The number of aryl methyl sites for hydroxylation is 1. The third-order valence-electron chi connectivity index (χ3n) is 3.71. The van der Waals surface area contributed by atoms with Crippen LogP contribution in [0.4, 0.5) is 5.69 Å². The Morgan fingerprint density at radius 2 is 2.28 bits per heavy atom. The zero-order valence-corrected chi connectivity index (χ0v) is 12.8. The van der Waals surface area contributed by atoms with Gasteiger partial charge < -0.3 is 15.5 Å². The molecule has 3 nitrogen and oxygen atoms in total. The summed E-state index contributed by atoms with van der Waals surface area (Å²) in [5.74, 6) is 0. The smallest absolute Gasteiger partial charge is 0.0511 e. The first-order valence-electron chi connectivity index (χ1n) is 6.53. The van der Waals surface area contributed by atoms with E-state index in [1.54, 1.807) is 0 Å². The maximum Gasteiger partial charge on any atom is 0.0511 e. The summed E-state index contributed by atoms with van der Waals surface area (Å²) in [6, 6.07) is 7.20. The van der Waals surface area contributed by atoms with Crippen LogP contribution in [-0.2, 0) is 0 Å². The molecular formula is C14H22BrN3. The molecule has 0 amide bonds. The number of hydrogen-bond acceptors (Lipinski definition) is 3. The van der Waals surface area contributed by atoms with E-state index in [9.17, 15) is 0 Å². The van der Waals surface area contributed by atoms with Crippen LogP contribution in [-0.4, -0.2) is 44.2 Å². The van der Waals surface area contributed by atoms with Crippen LogP contribution in [0.15, 0.2) is 22.7 Å². The fourth-order valence-corrected chi connectivity index (χ4v) is 3.32. The van der Waals surface area contributed by atoms with Crippen molar-refractivity contribution in [3.05, 3.63) is 28.2 Å². The van der Waals surface area contributed by atoms with Crippen LogP contribution >= 0.6 is 15.9 Å². The summed E-state index contributed by atoms with van der Waals surface area (Å²) < 4.78 is 1.20. The van der Waals surface area contributed by atoms with Gasteiger partial charge >= 0.3 is 0 Å². The normalized spacial score (nSPS) is 19.8. The van der Waals surface area contributed by atoms with Crippen LogP contribution in [0.5, 0.6) is 0 Å². The topological polar surface area (TPSA) is 32.5 Å². The van der Waals surface area contributed by atoms with Gasteiger partial charge in [0.1, 0.15) is 0 Å². The number of anilines is 1. The van der Waals surface area contributed by atoms with Crippen molar-refractivity contribution in [2.24, 2.45) is 5.73 Å². The minimum atomic E-state index is 0.627. The monoisotopic (exact) mass is 311 g/mol. The average molecular weight is 312 g/mol. The average Bonchev–Trinajstić information content (AvgIpc) is 2.78. The molecule has 1 unspecified atom stereocenters. The van der Waals surface area contributed by atoms with Crippen molar-refractivity contribution in [3.63, 3.8) is 0 Å². The summed E-state index contributed by atoms with van der Waals surface area (Å²) in [6.07, 6.45) is 1.22. The first-order chi connectivity index (χ1) is 8.61. The highest BCUT2D eigenvalue weighted by Gasteiger charge is 2.26. The maximum atomic E-state index is 5.62. The molecule has 0 saturated carbocycles. The molecule has 1 heterocycles. The van der Waals surface area contributed by atoms with E-state index in [0.717, 1.165) is 26.2 Å². The van der Waals surface area contributed by atoms with Crippen molar-refractivity contribution in [2.45, 2.75) is 19.4 Å². The molecule has 2 N–H and O–H groups in total. The van der Waals surface area contributed by atoms with Crippen molar-refractivity contribution in [2.75, 3.05) is 38.1 Å². The van der Waals surface area contributed by atoms with Crippen LogP contribution in [0, 0.1) is 6.92 Å². The van der Waals surface area contributed by atoms with E-state index in [1.807, 2.05) is 0 Å². The largest absolute Gasteiger partial charge is 0.369 e. The highest BCUT2D eigenvalue weighted by molar-refractivity contribution is 9.10. The highest BCUT2D eigenvalue weighted by atomic mass is 79.9. The Hall–Kier alpha value is -0.580. The molecular weight excluding hydrogens is 290 g/mol. The second kappa shape index (κ2) is 6.04. The number of hydrogen-bond donors (Lipinski definition) is 1. The van der Waals surface area contributed by atoms with Crippen molar-refractivity contribution >= 4 is 21.6 Å². The molecule has 18 heavy (non-hydrogen) atoms. The summed E-state index contributed by atoms with van der Waals surface area (Å²) in [7, 11) is 2.17. The first-order valence-corrected chi connectivity index (χ1v) is 7.32. The number of nitrogens with two attached hydrogens (primary N) is 1. The Morgan fingerprint density at radius 1 is 1.50 bits per heavy atom. The van der Waals surface area contributed by atoms with Crippen molar-refractivity contribution in [1.82, 2.24) is 4.90 Å². The van der Waals surface area contributed by atoms with Gasteiger partial charge in [0, 0.05) is 36.7 Å². The van der Waals surface area contributed by atoms with Crippen LogP contribution in [0.2, 0.25) is 0 Å². The zero-order chi connectivity index (χ0) is 13.1. The van der Waals surface area contributed by atoms with Gasteiger partial charge in [0.05, 0.1) is 5.69 Å². The highest BCUT2D eigenvalue weighted by Crippen LogP contribution is 2.30. The number of halogens is 1. The molecule has 0 aromatic heterocycles. The molecule has 0 bridgehead atoms. The number of likely N-dealkylation sites (N-methyl/N-ethyl adjacent to an activating group) is 1. The van der Waals surface area contributed by atoms with Crippen molar-refractivity contribution < 1.29 is 0 Å². The van der Waals surface area contributed by atoms with E-state index < -0.39 is 0 Å². The predicted molar refractivity (Wildman–Crippen MR) is 81.2 cm³/mol. The summed E-state index contributed by atoms with van der Waals surface area (Å²) >= 11 is 3.67. The number of rotatable bonds is 4. The third kappa shape index (κ3) is 3.05. The molecule has 0 radical (unpaired) electrons.